The third-order valence-electron chi connectivity index (χ3n) is 3.54. The molecule has 0 amide bonds. The number of benzene rings is 2. The molecule has 1 heterocycles. The molecule has 2 aromatic carbocycles. The molecule has 0 aromatic heterocycles. The van der Waals surface area contributed by atoms with E-state index in [1.807, 2.05) is 24.3 Å². The highest BCUT2D eigenvalue weighted by molar-refractivity contribution is 9.11. The fourth-order valence-corrected chi connectivity index (χ4v) is 3.88. The van der Waals surface area contributed by atoms with E-state index in [0.29, 0.717) is 25.8 Å². The zero-order valence-electron chi connectivity index (χ0n) is 14.0. The second-order valence-electron chi connectivity index (χ2n) is 5.48. The van der Waals surface area contributed by atoms with Crippen LogP contribution < -0.4 is 4.74 Å². The number of hydrogen-bond acceptors (Lipinski definition) is 5. The minimum atomic E-state index is -0.526. The summed E-state index contributed by atoms with van der Waals surface area (Å²) >= 11 is 10.1. The van der Waals surface area contributed by atoms with Crippen LogP contribution in [-0.4, -0.2) is 17.8 Å². The van der Waals surface area contributed by atoms with Gasteiger partial charge in [-0.3, -0.25) is 4.79 Å². The van der Waals surface area contributed by atoms with Crippen molar-refractivity contribution in [2.24, 2.45) is 4.99 Å². The molecule has 0 bridgehead atoms. The maximum atomic E-state index is 12.1. The van der Waals surface area contributed by atoms with Gasteiger partial charge in [-0.2, -0.15) is 0 Å². The molecular weight excluding hydrogens is 546 g/mol. The largest absolute Gasteiger partial charge is 0.424 e. The van der Waals surface area contributed by atoms with Gasteiger partial charge in [0.15, 0.2) is 11.4 Å². The minimum absolute atomic E-state index is 0.185. The first-order chi connectivity index (χ1) is 12.9. The lowest BCUT2D eigenvalue weighted by Gasteiger charge is -2.09. The summed E-state index contributed by atoms with van der Waals surface area (Å²) in [5, 5.41) is 0. The van der Waals surface area contributed by atoms with Crippen molar-refractivity contribution in [2.75, 3.05) is 0 Å². The van der Waals surface area contributed by atoms with E-state index in [0.717, 1.165) is 4.47 Å². The Labute approximate surface area is 180 Å². The molecule has 2 aromatic rings. The van der Waals surface area contributed by atoms with Crippen LogP contribution in [0.5, 0.6) is 5.75 Å². The molecule has 27 heavy (non-hydrogen) atoms. The molecule has 0 aliphatic carbocycles. The van der Waals surface area contributed by atoms with Crippen molar-refractivity contribution in [1.29, 1.82) is 0 Å². The fraction of sp³-hybridized carbons (Fsp3) is 0.105. The van der Waals surface area contributed by atoms with Gasteiger partial charge < -0.3 is 9.47 Å². The molecule has 0 saturated heterocycles. The number of aliphatic imine (C=N–C) groups is 1. The van der Waals surface area contributed by atoms with E-state index in [1.165, 1.54) is 0 Å². The number of carbonyl (C=O) groups is 2. The van der Waals surface area contributed by atoms with E-state index >= 15 is 0 Å². The SMILES string of the molecule is CCC(=O)Oc1c(Br)cc(/C=C2\N=C(c3ccc(Br)cc3)OC2=O)cc1Br. The summed E-state index contributed by atoms with van der Waals surface area (Å²) in [5.74, 6) is -0.227. The summed E-state index contributed by atoms with van der Waals surface area (Å²) < 4.78 is 12.6. The predicted molar refractivity (Wildman–Crippen MR) is 113 cm³/mol. The first kappa shape index (κ1) is 20.0. The second-order valence-corrected chi connectivity index (χ2v) is 8.11. The number of cyclic esters (lactones) is 1. The highest BCUT2D eigenvalue weighted by Crippen LogP contribution is 2.36. The van der Waals surface area contributed by atoms with Gasteiger partial charge in [0.1, 0.15) is 0 Å². The van der Waals surface area contributed by atoms with E-state index in [4.69, 9.17) is 9.47 Å². The average Bonchev–Trinajstić information content (AvgIpc) is 2.99. The van der Waals surface area contributed by atoms with Crippen molar-refractivity contribution in [3.63, 3.8) is 0 Å². The Hall–Kier alpha value is -1.77. The van der Waals surface area contributed by atoms with Crippen molar-refractivity contribution in [2.45, 2.75) is 13.3 Å². The van der Waals surface area contributed by atoms with Crippen LogP contribution in [0.15, 0.2) is 60.5 Å². The Balaban J connectivity index is 1.90. The number of ether oxygens (including phenoxy) is 2. The van der Waals surface area contributed by atoms with Gasteiger partial charge in [0.2, 0.25) is 5.90 Å². The Kier molecular flexibility index (Phi) is 6.29. The van der Waals surface area contributed by atoms with Gasteiger partial charge in [0.25, 0.3) is 0 Å². The minimum Gasteiger partial charge on any atom is -0.424 e. The summed E-state index contributed by atoms with van der Waals surface area (Å²) in [4.78, 5) is 28.0. The number of esters is 2. The van der Waals surface area contributed by atoms with Gasteiger partial charge in [0, 0.05) is 16.5 Å². The molecule has 1 aliphatic heterocycles. The summed E-state index contributed by atoms with van der Waals surface area (Å²) in [6.07, 6.45) is 1.87. The molecule has 3 rings (SSSR count). The monoisotopic (exact) mass is 555 g/mol. The highest BCUT2D eigenvalue weighted by Gasteiger charge is 2.24. The third kappa shape index (κ3) is 4.75. The Morgan fingerprint density at radius 1 is 1.15 bits per heavy atom. The number of rotatable bonds is 4. The van der Waals surface area contributed by atoms with Crippen LogP contribution in [0.1, 0.15) is 24.5 Å². The molecule has 5 nitrogen and oxygen atoms in total. The van der Waals surface area contributed by atoms with Gasteiger partial charge in [-0.15, -0.1) is 0 Å². The molecule has 0 saturated carbocycles. The van der Waals surface area contributed by atoms with Crippen molar-refractivity contribution < 1.29 is 19.1 Å². The normalized spacial score (nSPS) is 14.9. The standard InChI is InChI=1S/C19H12Br3NO4/c1-2-16(24)26-17-13(21)7-10(8-14(17)22)9-15-19(25)27-18(23-15)11-3-5-12(20)6-4-11/h3-9H,2H2,1H3/b15-9-. The van der Waals surface area contributed by atoms with Crippen LogP contribution in [0.2, 0.25) is 0 Å². The number of hydrogen-bond donors (Lipinski definition) is 0. The predicted octanol–water partition coefficient (Wildman–Crippen LogP) is 5.63. The second kappa shape index (κ2) is 8.50. The van der Waals surface area contributed by atoms with E-state index in [9.17, 15) is 9.59 Å². The lowest BCUT2D eigenvalue weighted by molar-refractivity contribution is -0.134. The maximum Gasteiger partial charge on any atom is 0.363 e. The highest BCUT2D eigenvalue weighted by atomic mass is 79.9. The molecule has 0 N–H and O–H groups in total. The van der Waals surface area contributed by atoms with E-state index in [2.05, 4.69) is 52.8 Å². The molecular formula is C19H12Br3NO4. The average molecular weight is 558 g/mol. The smallest absolute Gasteiger partial charge is 0.363 e. The van der Waals surface area contributed by atoms with Crippen molar-refractivity contribution in [3.05, 3.63) is 66.6 Å². The van der Waals surface area contributed by atoms with Gasteiger partial charge >= 0.3 is 11.9 Å². The van der Waals surface area contributed by atoms with Crippen LogP contribution >= 0.6 is 47.8 Å². The zero-order chi connectivity index (χ0) is 19.6. The topological polar surface area (TPSA) is 65.0 Å². The maximum absolute atomic E-state index is 12.1. The summed E-state index contributed by atoms with van der Waals surface area (Å²) in [5.41, 5.74) is 1.59. The van der Waals surface area contributed by atoms with Gasteiger partial charge in [-0.25, -0.2) is 9.79 Å². The van der Waals surface area contributed by atoms with Crippen LogP contribution in [-0.2, 0) is 14.3 Å². The lowest BCUT2D eigenvalue weighted by Crippen LogP contribution is -2.06. The van der Waals surface area contributed by atoms with Crippen LogP contribution in [0.3, 0.4) is 0 Å². The van der Waals surface area contributed by atoms with E-state index < -0.39 is 5.97 Å². The molecule has 0 fully saturated rings. The lowest BCUT2D eigenvalue weighted by atomic mass is 10.2. The number of halogens is 3. The van der Waals surface area contributed by atoms with Gasteiger partial charge in [-0.05, 0) is 79.9 Å². The van der Waals surface area contributed by atoms with E-state index in [1.54, 1.807) is 25.1 Å². The third-order valence-corrected chi connectivity index (χ3v) is 5.25. The van der Waals surface area contributed by atoms with Crippen LogP contribution in [0.25, 0.3) is 6.08 Å². The molecule has 0 unspecified atom stereocenters. The van der Waals surface area contributed by atoms with Gasteiger partial charge in [-0.1, -0.05) is 22.9 Å². The molecule has 138 valence electrons. The molecule has 8 heteroatoms. The van der Waals surface area contributed by atoms with Gasteiger partial charge in [0.05, 0.1) is 8.95 Å². The van der Waals surface area contributed by atoms with Crippen LogP contribution in [0, 0.1) is 0 Å². The van der Waals surface area contributed by atoms with E-state index in [-0.39, 0.29) is 24.0 Å². The van der Waals surface area contributed by atoms with Crippen molar-refractivity contribution >= 4 is 71.7 Å². The molecule has 1 aliphatic rings. The summed E-state index contributed by atoms with van der Waals surface area (Å²) in [7, 11) is 0. The summed E-state index contributed by atoms with van der Waals surface area (Å²) in [6.45, 7) is 1.72. The number of nitrogens with zero attached hydrogens (tertiary/aromatic N) is 1. The quantitative estimate of drug-likeness (QED) is 0.277. The fourth-order valence-electron chi connectivity index (χ4n) is 2.23. The first-order valence-electron chi connectivity index (χ1n) is 7.85. The Morgan fingerprint density at radius 3 is 2.37 bits per heavy atom. The van der Waals surface area contributed by atoms with Crippen molar-refractivity contribution in [3.8, 4) is 5.75 Å². The zero-order valence-corrected chi connectivity index (χ0v) is 18.7. The molecule has 0 atom stereocenters. The summed E-state index contributed by atoms with van der Waals surface area (Å²) in [6, 6.07) is 10.8. The molecule has 0 radical (unpaired) electrons. The van der Waals surface area contributed by atoms with Crippen molar-refractivity contribution in [1.82, 2.24) is 0 Å². The van der Waals surface area contributed by atoms with Crippen LogP contribution in [0.4, 0.5) is 0 Å². The molecule has 0 spiro atoms. The Bertz CT molecular complexity index is 958. The number of carbonyl (C=O) groups excluding carboxylic acids is 2. The first-order valence-corrected chi connectivity index (χ1v) is 10.2. The Morgan fingerprint density at radius 2 is 1.78 bits per heavy atom.